The first-order valence-electron chi connectivity index (χ1n) is 6.36. The lowest BCUT2D eigenvalue weighted by Crippen LogP contribution is -2.12. The van der Waals surface area contributed by atoms with Crippen molar-refractivity contribution in [3.63, 3.8) is 0 Å². The molecule has 0 heterocycles. The second kappa shape index (κ2) is 5.95. The highest BCUT2D eigenvalue weighted by Gasteiger charge is 2.17. The summed E-state index contributed by atoms with van der Waals surface area (Å²) in [5.41, 5.74) is 2.25. The summed E-state index contributed by atoms with van der Waals surface area (Å²) in [6.45, 7) is 7.72. The molecule has 1 aromatic carbocycles. The molecule has 0 spiro atoms. The minimum Gasteiger partial charge on any atom is -0.294 e. The van der Waals surface area contributed by atoms with Gasteiger partial charge in [-0.3, -0.25) is 4.79 Å². The number of Topliss-reactive ketones (excluding diaryl/α,β-unsaturated/α-hetero) is 1. The van der Waals surface area contributed by atoms with E-state index in [1.54, 1.807) is 0 Å². The molecule has 0 fully saturated rings. The van der Waals surface area contributed by atoms with Crippen molar-refractivity contribution in [3.8, 4) is 0 Å². The molecule has 0 radical (unpaired) electrons. The zero-order chi connectivity index (χ0) is 13.0. The lowest BCUT2D eigenvalue weighted by Gasteiger charge is -2.12. The summed E-state index contributed by atoms with van der Waals surface area (Å²) in [5, 5.41) is 0. The molecule has 17 heavy (non-hydrogen) atoms. The standard InChI is InChI=1S/C15H21FO/c1-5-7-12-8-11(6-2)13(9-14(12)16)15(17)10(3)4/h8-10H,5-7H2,1-4H3. The summed E-state index contributed by atoms with van der Waals surface area (Å²) in [5.74, 6) is -0.298. The van der Waals surface area contributed by atoms with E-state index in [4.69, 9.17) is 0 Å². The molecule has 0 N–H and O–H groups in total. The van der Waals surface area contributed by atoms with Gasteiger partial charge in [0, 0.05) is 11.5 Å². The molecule has 94 valence electrons. The number of hydrogen-bond donors (Lipinski definition) is 0. The predicted octanol–water partition coefficient (Wildman–Crippen LogP) is 4.18. The quantitative estimate of drug-likeness (QED) is 0.701. The zero-order valence-corrected chi connectivity index (χ0v) is 11.1. The molecule has 1 rings (SSSR count). The first-order valence-corrected chi connectivity index (χ1v) is 6.36. The van der Waals surface area contributed by atoms with Crippen LogP contribution in [0.5, 0.6) is 0 Å². The molecule has 0 atom stereocenters. The van der Waals surface area contributed by atoms with E-state index in [0.29, 0.717) is 5.56 Å². The van der Waals surface area contributed by atoms with Gasteiger partial charge in [0.1, 0.15) is 5.82 Å². The fourth-order valence-electron chi connectivity index (χ4n) is 1.96. The first-order chi connectivity index (χ1) is 8.01. The summed E-state index contributed by atoms with van der Waals surface area (Å²) in [7, 11) is 0. The van der Waals surface area contributed by atoms with Gasteiger partial charge in [0.05, 0.1) is 0 Å². The maximum Gasteiger partial charge on any atom is 0.165 e. The van der Waals surface area contributed by atoms with E-state index in [-0.39, 0.29) is 17.5 Å². The molecule has 0 aromatic heterocycles. The second-order valence-corrected chi connectivity index (χ2v) is 4.72. The van der Waals surface area contributed by atoms with E-state index in [1.165, 1.54) is 6.07 Å². The highest BCUT2D eigenvalue weighted by atomic mass is 19.1. The van der Waals surface area contributed by atoms with Crippen LogP contribution in [0.15, 0.2) is 12.1 Å². The number of hydrogen-bond acceptors (Lipinski definition) is 1. The van der Waals surface area contributed by atoms with E-state index < -0.39 is 0 Å². The molecule has 0 unspecified atom stereocenters. The molecule has 0 saturated heterocycles. The molecule has 2 heteroatoms. The number of rotatable bonds is 5. The van der Waals surface area contributed by atoms with Crippen LogP contribution in [0, 0.1) is 11.7 Å². The number of aryl methyl sites for hydroxylation is 2. The van der Waals surface area contributed by atoms with E-state index in [1.807, 2.05) is 33.8 Å². The van der Waals surface area contributed by atoms with Gasteiger partial charge in [-0.1, -0.05) is 40.2 Å². The topological polar surface area (TPSA) is 17.1 Å². The predicted molar refractivity (Wildman–Crippen MR) is 68.9 cm³/mol. The molecule has 0 amide bonds. The van der Waals surface area contributed by atoms with Crippen molar-refractivity contribution >= 4 is 5.78 Å². The Balaban J connectivity index is 3.23. The van der Waals surface area contributed by atoms with Gasteiger partial charge in [-0.15, -0.1) is 0 Å². The van der Waals surface area contributed by atoms with Crippen LogP contribution >= 0.6 is 0 Å². The second-order valence-electron chi connectivity index (χ2n) is 4.72. The van der Waals surface area contributed by atoms with Gasteiger partial charge in [0.2, 0.25) is 0 Å². The Morgan fingerprint density at radius 2 is 1.88 bits per heavy atom. The minimum atomic E-state index is -0.243. The van der Waals surface area contributed by atoms with Crippen LogP contribution in [0.1, 0.15) is 55.6 Å². The van der Waals surface area contributed by atoms with Crippen LogP contribution < -0.4 is 0 Å². The largest absolute Gasteiger partial charge is 0.294 e. The van der Waals surface area contributed by atoms with E-state index in [2.05, 4.69) is 0 Å². The van der Waals surface area contributed by atoms with E-state index >= 15 is 0 Å². The monoisotopic (exact) mass is 236 g/mol. The molecular formula is C15H21FO. The molecule has 0 saturated carbocycles. The number of carbonyl (C=O) groups excluding carboxylic acids is 1. The van der Waals surface area contributed by atoms with Gasteiger partial charge < -0.3 is 0 Å². The highest BCUT2D eigenvalue weighted by Crippen LogP contribution is 2.21. The third-order valence-corrected chi connectivity index (χ3v) is 2.96. The Hall–Kier alpha value is -1.18. The average Bonchev–Trinajstić information content (AvgIpc) is 2.30. The van der Waals surface area contributed by atoms with Crippen molar-refractivity contribution in [3.05, 3.63) is 34.6 Å². The summed E-state index contributed by atoms with van der Waals surface area (Å²) in [6, 6.07) is 3.28. The average molecular weight is 236 g/mol. The van der Waals surface area contributed by atoms with Crippen molar-refractivity contribution in [1.29, 1.82) is 0 Å². The Labute approximate surface area is 103 Å². The number of carbonyl (C=O) groups is 1. The smallest absolute Gasteiger partial charge is 0.165 e. The van der Waals surface area contributed by atoms with Gasteiger partial charge in [-0.2, -0.15) is 0 Å². The normalized spacial score (nSPS) is 10.9. The minimum absolute atomic E-state index is 0.0313. The Kier molecular flexibility index (Phi) is 4.86. The third kappa shape index (κ3) is 3.15. The molecule has 0 bridgehead atoms. The fraction of sp³-hybridized carbons (Fsp3) is 0.533. The SMILES string of the molecule is CCCc1cc(CC)c(C(=O)C(C)C)cc1F. The van der Waals surface area contributed by atoms with Crippen molar-refractivity contribution < 1.29 is 9.18 Å². The molecular weight excluding hydrogens is 215 g/mol. The maximum absolute atomic E-state index is 13.8. The maximum atomic E-state index is 13.8. The fourth-order valence-corrected chi connectivity index (χ4v) is 1.96. The van der Waals surface area contributed by atoms with Crippen molar-refractivity contribution in [2.24, 2.45) is 5.92 Å². The molecule has 1 aromatic rings. The lowest BCUT2D eigenvalue weighted by atomic mass is 9.92. The van der Waals surface area contributed by atoms with Crippen LogP contribution in [-0.2, 0) is 12.8 Å². The molecule has 1 nitrogen and oxygen atoms in total. The summed E-state index contributed by atoms with van der Waals surface area (Å²) >= 11 is 0. The van der Waals surface area contributed by atoms with Crippen molar-refractivity contribution in [2.45, 2.75) is 47.0 Å². The van der Waals surface area contributed by atoms with Crippen LogP contribution in [0.3, 0.4) is 0 Å². The summed E-state index contributed by atoms with van der Waals surface area (Å²) in [4.78, 5) is 12.0. The zero-order valence-electron chi connectivity index (χ0n) is 11.1. The number of ketones is 1. The first kappa shape index (κ1) is 13.9. The number of benzene rings is 1. The van der Waals surface area contributed by atoms with Gasteiger partial charge in [-0.25, -0.2) is 4.39 Å². The third-order valence-electron chi connectivity index (χ3n) is 2.96. The van der Waals surface area contributed by atoms with Gasteiger partial charge in [0.15, 0.2) is 5.78 Å². The summed E-state index contributed by atoms with van der Waals surface area (Å²) < 4.78 is 13.8. The van der Waals surface area contributed by atoms with E-state index in [0.717, 1.165) is 30.4 Å². The molecule has 0 aliphatic rings. The summed E-state index contributed by atoms with van der Waals surface area (Å²) in [6.07, 6.45) is 2.41. The van der Waals surface area contributed by atoms with Crippen LogP contribution in [0.2, 0.25) is 0 Å². The van der Waals surface area contributed by atoms with Crippen LogP contribution in [0.4, 0.5) is 4.39 Å². The van der Waals surface area contributed by atoms with Crippen LogP contribution in [-0.4, -0.2) is 5.78 Å². The Morgan fingerprint density at radius 3 is 2.35 bits per heavy atom. The van der Waals surface area contributed by atoms with Gasteiger partial charge in [0.25, 0.3) is 0 Å². The molecule has 0 aliphatic carbocycles. The molecule has 0 aliphatic heterocycles. The van der Waals surface area contributed by atoms with Crippen molar-refractivity contribution in [1.82, 2.24) is 0 Å². The van der Waals surface area contributed by atoms with Gasteiger partial charge >= 0.3 is 0 Å². The number of halogens is 1. The highest BCUT2D eigenvalue weighted by molar-refractivity contribution is 5.98. The Bertz CT molecular complexity index is 408. The van der Waals surface area contributed by atoms with Crippen LogP contribution in [0.25, 0.3) is 0 Å². The van der Waals surface area contributed by atoms with E-state index in [9.17, 15) is 9.18 Å². The lowest BCUT2D eigenvalue weighted by molar-refractivity contribution is 0.0938. The Morgan fingerprint density at radius 1 is 1.24 bits per heavy atom. The van der Waals surface area contributed by atoms with Crippen molar-refractivity contribution in [2.75, 3.05) is 0 Å². The van der Waals surface area contributed by atoms with Gasteiger partial charge in [-0.05, 0) is 30.0 Å².